The number of ether oxygens (including phenoxy) is 3. The monoisotopic (exact) mass is 421 g/mol. The molecule has 0 amide bonds. The molecule has 31 heavy (non-hydrogen) atoms. The van der Waals surface area contributed by atoms with E-state index in [0.29, 0.717) is 0 Å². The third kappa shape index (κ3) is 5.76. The topological polar surface area (TPSA) is 40.6 Å². The van der Waals surface area contributed by atoms with Crippen LogP contribution in [0.5, 0.6) is 11.5 Å². The molecule has 3 aromatic rings. The first-order valence-electron chi connectivity index (χ1n) is 11.2. The summed E-state index contributed by atoms with van der Waals surface area (Å²) in [5, 5.41) is 2.19. The zero-order valence-electron chi connectivity index (χ0n) is 19.6. The van der Waals surface area contributed by atoms with Crippen LogP contribution < -0.4 is 9.47 Å². The van der Waals surface area contributed by atoms with Crippen LogP contribution >= 0.6 is 0 Å². The fraction of sp³-hybridized carbons (Fsp3) is 0.444. The fourth-order valence-corrected chi connectivity index (χ4v) is 4.12. The average molecular weight is 422 g/mol. The lowest BCUT2D eigenvalue weighted by molar-refractivity contribution is 0.195. The molecule has 0 saturated carbocycles. The molecule has 1 aromatic heterocycles. The highest BCUT2D eigenvalue weighted by molar-refractivity contribution is 5.97. The number of aromatic nitrogens is 1. The van der Waals surface area contributed by atoms with Crippen molar-refractivity contribution < 1.29 is 14.2 Å². The Morgan fingerprint density at radius 3 is 2.10 bits per heavy atom. The van der Waals surface area contributed by atoms with Crippen LogP contribution in [0.2, 0.25) is 0 Å². The molecule has 0 radical (unpaired) electrons. The van der Waals surface area contributed by atoms with Gasteiger partial charge in [0.2, 0.25) is 0 Å². The van der Waals surface area contributed by atoms with Gasteiger partial charge in [-0.25, -0.2) is 0 Å². The van der Waals surface area contributed by atoms with Crippen LogP contribution in [0.1, 0.15) is 49.4 Å². The number of nitrogens with zero attached hydrogens (tertiary/aromatic N) is 1. The van der Waals surface area contributed by atoms with Crippen LogP contribution in [0.15, 0.2) is 36.4 Å². The molecular formula is C27H35NO3. The molecule has 4 nitrogen and oxygen atoms in total. The van der Waals surface area contributed by atoms with Crippen molar-refractivity contribution in [3.63, 3.8) is 0 Å². The summed E-state index contributed by atoms with van der Waals surface area (Å²) in [7, 11) is 5.11. The van der Waals surface area contributed by atoms with Gasteiger partial charge in [0.15, 0.2) is 11.5 Å². The van der Waals surface area contributed by atoms with Crippen molar-refractivity contribution in [1.82, 2.24) is 4.98 Å². The third-order valence-corrected chi connectivity index (χ3v) is 5.67. The Kier molecular flexibility index (Phi) is 8.30. The Hall–Kier alpha value is -2.59. The number of hydrogen-bond donors (Lipinski definition) is 0. The van der Waals surface area contributed by atoms with E-state index in [-0.39, 0.29) is 0 Å². The highest BCUT2D eigenvalue weighted by Crippen LogP contribution is 2.37. The van der Waals surface area contributed by atoms with Gasteiger partial charge in [0.25, 0.3) is 0 Å². The summed E-state index contributed by atoms with van der Waals surface area (Å²) in [4.78, 5) is 4.96. The molecule has 0 N–H and O–H groups in total. The zero-order chi connectivity index (χ0) is 22.2. The maximum absolute atomic E-state index is 5.58. The minimum absolute atomic E-state index is 0.723. The molecule has 0 atom stereocenters. The van der Waals surface area contributed by atoms with Crippen molar-refractivity contribution in [1.29, 1.82) is 0 Å². The molecule has 0 bridgehead atoms. The largest absolute Gasteiger partial charge is 0.493 e. The van der Waals surface area contributed by atoms with Gasteiger partial charge in [0.1, 0.15) is 0 Å². The number of aryl methyl sites for hydroxylation is 3. The number of fused-ring (bicyclic) bond motifs is 1. The quantitative estimate of drug-likeness (QED) is 0.330. The predicted octanol–water partition coefficient (Wildman–Crippen LogP) is 6.54. The van der Waals surface area contributed by atoms with Crippen LogP contribution in [0.25, 0.3) is 22.0 Å². The van der Waals surface area contributed by atoms with Crippen molar-refractivity contribution in [2.75, 3.05) is 27.9 Å². The molecule has 3 rings (SSSR count). The van der Waals surface area contributed by atoms with E-state index in [1.54, 1.807) is 21.3 Å². The van der Waals surface area contributed by atoms with Crippen molar-refractivity contribution >= 4 is 10.8 Å². The Balaban J connectivity index is 2.12. The second kappa shape index (κ2) is 11.1. The maximum Gasteiger partial charge on any atom is 0.161 e. The van der Waals surface area contributed by atoms with Gasteiger partial charge in [-0.2, -0.15) is 0 Å². The second-order valence-corrected chi connectivity index (χ2v) is 8.13. The fourth-order valence-electron chi connectivity index (χ4n) is 4.12. The zero-order valence-corrected chi connectivity index (χ0v) is 19.6. The molecule has 0 fully saturated rings. The van der Waals surface area contributed by atoms with E-state index in [1.165, 1.54) is 36.0 Å². The molecule has 0 spiro atoms. The summed E-state index contributed by atoms with van der Waals surface area (Å²) in [5.74, 6) is 1.46. The number of hydrogen-bond acceptors (Lipinski definition) is 4. The molecule has 4 heteroatoms. The Morgan fingerprint density at radius 1 is 0.774 bits per heavy atom. The highest BCUT2D eigenvalue weighted by Gasteiger charge is 2.14. The Labute approximate surface area is 186 Å². The molecule has 0 saturated heterocycles. The standard InChI is InChI=1S/C27H35NO3/c1-6-7-8-10-20-14-21(11-9-12-29-3)16-23(15-20)27-24-18-26(31-5)25(30-4)17-22(24)13-19(2)28-27/h13-18H,6-12H2,1-5H3. The first kappa shape index (κ1) is 23.1. The second-order valence-electron chi connectivity index (χ2n) is 8.13. The lowest BCUT2D eigenvalue weighted by atomic mass is 9.95. The first-order chi connectivity index (χ1) is 15.1. The summed E-state index contributed by atoms with van der Waals surface area (Å²) in [5.41, 5.74) is 5.89. The van der Waals surface area contributed by atoms with Crippen LogP contribution in [0.4, 0.5) is 0 Å². The van der Waals surface area contributed by atoms with Crippen molar-refractivity contribution in [3.05, 3.63) is 53.2 Å². The molecular weight excluding hydrogens is 386 g/mol. The smallest absolute Gasteiger partial charge is 0.161 e. The highest BCUT2D eigenvalue weighted by atomic mass is 16.5. The maximum atomic E-state index is 5.58. The Morgan fingerprint density at radius 2 is 1.45 bits per heavy atom. The summed E-state index contributed by atoms with van der Waals surface area (Å²) in [6.45, 7) is 5.07. The summed E-state index contributed by atoms with van der Waals surface area (Å²) < 4.78 is 16.4. The van der Waals surface area contributed by atoms with Gasteiger partial charge in [-0.15, -0.1) is 0 Å². The van der Waals surface area contributed by atoms with Gasteiger partial charge in [-0.3, -0.25) is 4.98 Å². The molecule has 1 heterocycles. The van der Waals surface area contributed by atoms with Crippen LogP contribution in [0, 0.1) is 6.92 Å². The van der Waals surface area contributed by atoms with E-state index in [2.05, 4.69) is 31.2 Å². The van der Waals surface area contributed by atoms with Crippen LogP contribution in [-0.4, -0.2) is 32.9 Å². The number of pyridine rings is 1. The lowest BCUT2D eigenvalue weighted by Crippen LogP contribution is -1.98. The normalized spacial score (nSPS) is 11.1. The average Bonchev–Trinajstić information content (AvgIpc) is 2.77. The molecule has 0 aliphatic heterocycles. The third-order valence-electron chi connectivity index (χ3n) is 5.67. The van der Waals surface area contributed by atoms with Gasteiger partial charge in [0, 0.05) is 30.4 Å². The van der Waals surface area contributed by atoms with Crippen molar-refractivity contribution in [2.45, 2.75) is 52.4 Å². The lowest BCUT2D eigenvalue weighted by Gasteiger charge is -2.15. The van der Waals surface area contributed by atoms with Crippen molar-refractivity contribution in [2.24, 2.45) is 0 Å². The van der Waals surface area contributed by atoms with E-state index < -0.39 is 0 Å². The van der Waals surface area contributed by atoms with E-state index in [9.17, 15) is 0 Å². The van der Waals surface area contributed by atoms with Gasteiger partial charge in [-0.1, -0.05) is 25.8 Å². The molecule has 2 aromatic carbocycles. The minimum atomic E-state index is 0.723. The van der Waals surface area contributed by atoms with Gasteiger partial charge in [-0.05, 0) is 79.5 Å². The predicted molar refractivity (Wildman–Crippen MR) is 128 cm³/mol. The molecule has 0 aliphatic carbocycles. The SMILES string of the molecule is CCCCCc1cc(CCCOC)cc(-c2nc(C)cc3cc(OC)c(OC)cc23)c1. The van der Waals surface area contributed by atoms with Gasteiger partial charge >= 0.3 is 0 Å². The summed E-state index contributed by atoms with van der Waals surface area (Å²) in [6, 6.07) is 13.1. The molecule has 0 aliphatic rings. The number of methoxy groups -OCH3 is 3. The number of unbranched alkanes of at least 4 members (excludes halogenated alkanes) is 2. The molecule has 166 valence electrons. The number of rotatable bonds is 11. The molecule has 0 unspecified atom stereocenters. The minimum Gasteiger partial charge on any atom is -0.493 e. The summed E-state index contributed by atoms with van der Waals surface area (Å²) >= 11 is 0. The van der Waals surface area contributed by atoms with Crippen LogP contribution in [-0.2, 0) is 17.6 Å². The van der Waals surface area contributed by atoms with Gasteiger partial charge in [0.05, 0.1) is 19.9 Å². The van der Waals surface area contributed by atoms with Crippen LogP contribution in [0.3, 0.4) is 0 Å². The van der Waals surface area contributed by atoms with Crippen molar-refractivity contribution in [3.8, 4) is 22.8 Å². The van der Waals surface area contributed by atoms with E-state index in [0.717, 1.165) is 59.5 Å². The van der Waals surface area contributed by atoms with Gasteiger partial charge < -0.3 is 14.2 Å². The van der Waals surface area contributed by atoms with E-state index >= 15 is 0 Å². The van der Waals surface area contributed by atoms with E-state index in [1.807, 2.05) is 19.1 Å². The van der Waals surface area contributed by atoms with E-state index in [4.69, 9.17) is 19.2 Å². The Bertz CT molecular complexity index is 985. The first-order valence-corrected chi connectivity index (χ1v) is 11.2. The summed E-state index contributed by atoms with van der Waals surface area (Å²) in [6.07, 6.45) is 6.81. The number of benzene rings is 2.